The van der Waals surface area contributed by atoms with E-state index in [1.807, 2.05) is 6.07 Å². The lowest BCUT2D eigenvalue weighted by Gasteiger charge is -1.99. The number of hydrogen-bond acceptors (Lipinski definition) is 3. The normalized spacial score (nSPS) is 10.2. The van der Waals surface area contributed by atoms with Crippen molar-refractivity contribution < 1.29 is 4.79 Å². The van der Waals surface area contributed by atoms with Gasteiger partial charge >= 0.3 is 0 Å². The number of halogens is 1. The lowest BCUT2D eigenvalue weighted by molar-refractivity contribution is 0.100. The van der Waals surface area contributed by atoms with Gasteiger partial charge in [-0.2, -0.15) is 5.10 Å². The van der Waals surface area contributed by atoms with Crippen LogP contribution >= 0.6 is 15.9 Å². The first-order valence-corrected chi connectivity index (χ1v) is 4.91. The van der Waals surface area contributed by atoms with Crippen LogP contribution in [0.5, 0.6) is 0 Å². The molecule has 2 aromatic rings. The fraction of sp³-hybridized carbons (Fsp3) is 0. The first kappa shape index (κ1) is 9.85. The van der Waals surface area contributed by atoms with Gasteiger partial charge in [0.15, 0.2) is 0 Å². The van der Waals surface area contributed by atoms with E-state index in [0.717, 1.165) is 10.2 Å². The summed E-state index contributed by atoms with van der Waals surface area (Å²) in [6, 6.07) is 1.84. The zero-order valence-electron chi connectivity index (χ0n) is 7.59. The molecule has 0 aliphatic carbocycles. The molecule has 0 saturated heterocycles. The summed E-state index contributed by atoms with van der Waals surface area (Å²) in [5, 5.41) is 4.00. The standard InChI is InChI=1S/C9H7BrN4O/c10-7-1-8(4-12-3-7)14-5-6(2-13-14)9(11)15/h1-5H,(H2,11,15). The number of primary amides is 1. The summed E-state index contributed by atoms with van der Waals surface area (Å²) in [6.45, 7) is 0. The summed E-state index contributed by atoms with van der Waals surface area (Å²) < 4.78 is 2.38. The largest absolute Gasteiger partial charge is 0.366 e. The van der Waals surface area contributed by atoms with Crippen LogP contribution in [0, 0.1) is 0 Å². The van der Waals surface area contributed by atoms with E-state index in [2.05, 4.69) is 26.0 Å². The third-order valence-electron chi connectivity index (χ3n) is 1.82. The van der Waals surface area contributed by atoms with Crippen LogP contribution in [0.4, 0.5) is 0 Å². The van der Waals surface area contributed by atoms with Crippen molar-refractivity contribution in [2.75, 3.05) is 0 Å². The number of carbonyl (C=O) groups is 1. The molecule has 2 N–H and O–H groups in total. The van der Waals surface area contributed by atoms with Crippen LogP contribution in [0.15, 0.2) is 35.3 Å². The first-order chi connectivity index (χ1) is 7.16. The SMILES string of the molecule is NC(=O)c1cnn(-c2cncc(Br)c2)c1. The first-order valence-electron chi connectivity index (χ1n) is 4.12. The molecule has 15 heavy (non-hydrogen) atoms. The summed E-state index contributed by atoms with van der Waals surface area (Å²) in [5.41, 5.74) is 6.25. The second kappa shape index (κ2) is 3.82. The lowest BCUT2D eigenvalue weighted by atomic mass is 10.3. The smallest absolute Gasteiger partial charge is 0.251 e. The molecule has 0 aromatic carbocycles. The molecule has 0 fully saturated rings. The predicted molar refractivity (Wildman–Crippen MR) is 57.6 cm³/mol. The number of hydrogen-bond donors (Lipinski definition) is 1. The van der Waals surface area contributed by atoms with Crippen molar-refractivity contribution in [3.05, 3.63) is 40.9 Å². The molecule has 0 saturated carbocycles. The average molecular weight is 267 g/mol. The van der Waals surface area contributed by atoms with Crippen LogP contribution in [-0.4, -0.2) is 20.7 Å². The molecule has 0 aliphatic rings. The quantitative estimate of drug-likeness (QED) is 0.886. The van der Waals surface area contributed by atoms with Gasteiger partial charge < -0.3 is 5.73 Å². The maximum absolute atomic E-state index is 10.9. The monoisotopic (exact) mass is 266 g/mol. The molecule has 2 rings (SSSR count). The highest BCUT2D eigenvalue weighted by atomic mass is 79.9. The van der Waals surface area contributed by atoms with Crippen LogP contribution in [-0.2, 0) is 0 Å². The highest BCUT2D eigenvalue weighted by Gasteiger charge is 2.05. The summed E-state index contributed by atoms with van der Waals surface area (Å²) >= 11 is 3.30. The molecule has 2 aromatic heterocycles. The number of carbonyl (C=O) groups excluding carboxylic acids is 1. The highest BCUT2D eigenvalue weighted by Crippen LogP contribution is 2.13. The zero-order chi connectivity index (χ0) is 10.8. The second-order valence-corrected chi connectivity index (χ2v) is 3.81. The molecule has 0 radical (unpaired) electrons. The second-order valence-electron chi connectivity index (χ2n) is 2.90. The number of rotatable bonds is 2. The highest BCUT2D eigenvalue weighted by molar-refractivity contribution is 9.10. The van der Waals surface area contributed by atoms with Crippen molar-refractivity contribution in [3.8, 4) is 5.69 Å². The topological polar surface area (TPSA) is 73.8 Å². The Labute approximate surface area is 94.0 Å². The van der Waals surface area contributed by atoms with Crippen LogP contribution in [0.25, 0.3) is 5.69 Å². The van der Waals surface area contributed by atoms with E-state index in [-0.39, 0.29) is 0 Å². The van der Waals surface area contributed by atoms with Crippen LogP contribution < -0.4 is 5.73 Å². The predicted octanol–water partition coefficient (Wildman–Crippen LogP) is 1.13. The Morgan fingerprint density at radius 2 is 2.20 bits per heavy atom. The molecule has 0 spiro atoms. The lowest BCUT2D eigenvalue weighted by Crippen LogP contribution is -2.09. The van der Waals surface area contributed by atoms with Crippen molar-refractivity contribution in [1.82, 2.24) is 14.8 Å². The molecule has 0 bridgehead atoms. The third kappa shape index (κ3) is 2.04. The van der Waals surface area contributed by atoms with Crippen LogP contribution in [0.1, 0.15) is 10.4 Å². The van der Waals surface area contributed by atoms with Gasteiger partial charge in [0.2, 0.25) is 0 Å². The van der Waals surface area contributed by atoms with E-state index < -0.39 is 5.91 Å². The molecule has 1 amide bonds. The van der Waals surface area contributed by atoms with Crippen molar-refractivity contribution >= 4 is 21.8 Å². The molecule has 0 aliphatic heterocycles. The van der Waals surface area contributed by atoms with E-state index in [4.69, 9.17) is 5.73 Å². The van der Waals surface area contributed by atoms with Crippen molar-refractivity contribution in [1.29, 1.82) is 0 Å². The Morgan fingerprint density at radius 1 is 1.40 bits per heavy atom. The Bertz CT molecular complexity index is 508. The molecule has 76 valence electrons. The third-order valence-corrected chi connectivity index (χ3v) is 2.26. The Morgan fingerprint density at radius 3 is 2.80 bits per heavy atom. The number of nitrogens with zero attached hydrogens (tertiary/aromatic N) is 3. The van der Waals surface area contributed by atoms with Gasteiger partial charge in [-0.3, -0.25) is 9.78 Å². The van der Waals surface area contributed by atoms with Crippen molar-refractivity contribution in [2.24, 2.45) is 5.73 Å². The van der Waals surface area contributed by atoms with Crippen LogP contribution in [0.2, 0.25) is 0 Å². The summed E-state index contributed by atoms with van der Waals surface area (Å²) in [6.07, 6.45) is 6.29. The van der Waals surface area contributed by atoms with E-state index in [1.54, 1.807) is 18.6 Å². The Kier molecular flexibility index (Phi) is 2.51. The number of nitrogens with two attached hydrogens (primary N) is 1. The molecular formula is C9H7BrN4O. The fourth-order valence-electron chi connectivity index (χ4n) is 1.12. The maximum Gasteiger partial charge on any atom is 0.251 e. The number of amides is 1. The minimum atomic E-state index is -0.496. The van der Waals surface area contributed by atoms with Gasteiger partial charge in [0.25, 0.3) is 5.91 Å². The fourth-order valence-corrected chi connectivity index (χ4v) is 1.47. The van der Waals surface area contributed by atoms with Gasteiger partial charge in [0.05, 0.1) is 23.6 Å². The van der Waals surface area contributed by atoms with Crippen LogP contribution in [0.3, 0.4) is 0 Å². The van der Waals surface area contributed by atoms with Gasteiger partial charge in [0, 0.05) is 16.9 Å². The molecule has 2 heterocycles. The van der Waals surface area contributed by atoms with E-state index in [0.29, 0.717) is 5.56 Å². The zero-order valence-corrected chi connectivity index (χ0v) is 9.18. The maximum atomic E-state index is 10.9. The van der Waals surface area contributed by atoms with E-state index in [9.17, 15) is 4.79 Å². The Balaban J connectivity index is 2.41. The van der Waals surface area contributed by atoms with Gasteiger partial charge in [-0.05, 0) is 22.0 Å². The Hall–Kier alpha value is -1.69. The van der Waals surface area contributed by atoms with Gasteiger partial charge in [-0.25, -0.2) is 4.68 Å². The van der Waals surface area contributed by atoms with E-state index in [1.165, 1.54) is 10.9 Å². The minimum Gasteiger partial charge on any atom is -0.366 e. The summed E-state index contributed by atoms with van der Waals surface area (Å²) in [4.78, 5) is 14.8. The van der Waals surface area contributed by atoms with Crippen molar-refractivity contribution in [2.45, 2.75) is 0 Å². The molecule has 0 unspecified atom stereocenters. The summed E-state index contributed by atoms with van der Waals surface area (Å²) in [5.74, 6) is -0.496. The molecule has 0 atom stereocenters. The van der Waals surface area contributed by atoms with Crippen molar-refractivity contribution in [3.63, 3.8) is 0 Å². The molecular weight excluding hydrogens is 260 g/mol. The minimum absolute atomic E-state index is 0.370. The van der Waals surface area contributed by atoms with E-state index >= 15 is 0 Å². The van der Waals surface area contributed by atoms with Gasteiger partial charge in [0.1, 0.15) is 0 Å². The number of pyridine rings is 1. The van der Waals surface area contributed by atoms with Gasteiger partial charge in [-0.15, -0.1) is 0 Å². The summed E-state index contributed by atoms with van der Waals surface area (Å²) in [7, 11) is 0. The number of aromatic nitrogens is 3. The molecule has 5 nitrogen and oxygen atoms in total. The molecule has 6 heteroatoms. The van der Waals surface area contributed by atoms with Gasteiger partial charge in [-0.1, -0.05) is 0 Å². The average Bonchev–Trinajstić information content (AvgIpc) is 2.66.